The summed E-state index contributed by atoms with van der Waals surface area (Å²) in [5.41, 5.74) is 4.76. The molecule has 0 atom stereocenters. The predicted molar refractivity (Wildman–Crippen MR) is 111 cm³/mol. The summed E-state index contributed by atoms with van der Waals surface area (Å²) in [4.78, 5) is 19.5. The zero-order valence-corrected chi connectivity index (χ0v) is 17.0. The average Bonchev–Trinajstić information content (AvgIpc) is 2.64. The number of nitro groups is 1. The van der Waals surface area contributed by atoms with E-state index >= 15 is 0 Å². The molecule has 0 spiro atoms. The van der Waals surface area contributed by atoms with Crippen molar-refractivity contribution in [2.75, 3.05) is 5.32 Å². The van der Waals surface area contributed by atoms with Gasteiger partial charge in [-0.1, -0.05) is 29.8 Å². The van der Waals surface area contributed by atoms with Crippen LogP contribution in [0.2, 0.25) is 5.02 Å². The summed E-state index contributed by atoms with van der Waals surface area (Å²) in [5, 5.41) is 15.3. The fourth-order valence-electron chi connectivity index (χ4n) is 2.57. The number of nitrogens with zero attached hydrogens (tertiary/aromatic N) is 3. The number of rotatable bonds is 5. The lowest BCUT2D eigenvalue weighted by molar-refractivity contribution is -0.385. The van der Waals surface area contributed by atoms with Crippen LogP contribution in [-0.4, -0.2) is 30.0 Å². The first-order chi connectivity index (χ1) is 12.8. The Labute approximate surface area is 164 Å². The van der Waals surface area contributed by atoms with Gasteiger partial charge in [-0.2, -0.15) is 0 Å². The van der Waals surface area contributed by atoms with Crippen LogP contribution in [0.15, 0.2) is 48.8 Å². The summed E-state index contributed by atoms with van der Waals surface area (Å²) in [6.45, 7) is 4.13. The lowest BCUT2D eigenvalue weighted by atomic mass is 10.0. The topological polar surface area (TPSA) is 81.0 Å². The Hall–Kier alpha value is -2.90. The molecule has 27 heavy (non-hydrogen) atoms. The number of aromatic nitrogens is 2. The summed E-state index contributed by atoms with van der Waals surface area (Å²) in [7, 11) is 1.48. The molecule has 1 N–H and O–H groups in total. The van der Waals surface area contributed by atoms with E-state index in [1.807, 2.05) is 6.07 Å². The second kappa shape index (κ2) is 7.77. The van der Waals surface area contributed by atoms with Crippen molar-refractivity contribution in [2.45, 2.75) is 13.8 Å². The Morgan fingerprint density at radius 3 is 2.41 bits per heavy atom. The number of benzene rings is 2. The fraction of sp³-hybridized carbons (Fsp3) is 0.105. The first-order valence-corrected chi connectivity index (χ1v) is 9.23. The molecular formula is C19H17ClN4O2Si. The molecule has 1 heterocycles. The Morgan fingerprint density at radius 1 is 1.07 bits per heavy atom. The minimum absolute atomic E-state index is 0.0244. The summed E-state index contributed by atoms with van der Waals surface area (Å²) in [6.07, 6.45) is 3.45. The molecule has 6 nitrogen and oxygen atoms in total. The maximum Gasteiger partial charge on any atom is 0.278 e. The maximum absolute atomic E-state index is 11.2. The van der Waals surface area contributed by atoms with Gasteiger partial charge in [-0.25, -0.2) is 9.97 Å². The highest BCUT2D eigenvalue weighted by atomic mass is 35.5. The van der Waals surface area contributed by atoms with Gasteiger partial charge in [0.2, 0.25) is 5.95 Å². The number of aryl methyl sites for hydroxylation is 2. The largest absolute Gasteiger partial charge is 0.329 e. The number of anilines is 1. The van der Waals surface area contributed by atoms with Crippen molar-refractivity contribution in [2.24, 2.45) is 0 Å². The maximum atomic E-state index is 11.2. The number of hydrogen-bond acceptors (Lipinski definition) is 5. The third-order valence-corrected chi connectivity index (χ3v) is 5.03. The van der Waals surface area contributed by atoms with E-state index < -0.39 is 4.92 Å². The van der Waals surface area contributed by atoms with Crippen molar-refractivity contribution >= 4 is 38.4 Å². The van der Waals surface area contributed by atoms with Crippen molar-refractivity contribution in [3.8, 4) is 11.1 Å². The van der Waals surface area contributed by atoms with Gasteiger partial charge in [0.15, 0.2) is 0 Å². The van der Waals surface area contributed by atoms with Crippen molar-refractivity contribution in [1.29, 1.82) is 0 Å². The van der Waals surface area contributed by atoms with Crippen LogP contribution >= 0.6 is 11.6 Å². The van der Waals surface area contributed by atoms with Crippen LogP contribution in [0.1, 0.15) is 16.7 Å². The predicted octanol–water partition coefficient (Wildman–Crippen LogP) is 3.55. The lowest BCUT2D eigenvalue weighted by Gasteiger charge is -2.10. The molecule has 136 valence electrons. The molecule has 0 bridgehead atoms. The molecule has 0 saturated heterocycles. The molecule has 0 aliphatic heterocycles. The number of hydrogen-bond donors (Lipinski definition) is 1. The number of nitrogens with one attached hydrogen (secondary N) is 1. The van der Waals surface area contributed by atoms with Gasteiger partial charge in [-0.05, 0) is 42.7 Å². The van der Waals surface area contributed by atoms with Gasteiger partial charge in [-0.15, -0.1) is 0 Å². The van der Waals surface area contributed by atoms with Crippen molar-refractivity contribution in [3.05, 3.63) is 80.6 Å². The molecule has 0 fully saturated rings. The van der Waals surface area contributed by atoms with Gasteiger partial charge in [0.25, 0.3) is 5.69 Å². The van der Waals surface area contributed by atoms with Crippen LogP contribution in [0.5, 0.6) is 0 Å². The van der Waals surface area contributed by atoms with Crippen molar-refractivity contribution in [1.82, 2.24) is 9.97 Å². The van der Waals surface area contributed by atoms with Crippen molar-refractivity contribution < 1.29 is 4.92 Å². The third-order valence-electron chi connectivity index (χ3n) is 4.24. The van der Waals surface area contributed by atoms with Gasteiger partial charge in [0, 0.05) is 44.2 Å². The standard InChI is InChI=1S/C19H17ClN4O2Si/c1-11-3-4-13(7-12(11)2)14-9-21-19(22-10-14)23-18(27)16-8-15(20)5-6-17(16)24(25)26/h3-10H,27H2,1-2H3,(H,21,22,23). The molecule has 8 heteroatoms. The zero-order valence-electron chi connectivity index (χ0n) is 14.9. The monoisotopic (exact) mass is 396 g/mol. The van der Waals surface area contributed by atoms with E-state index in [0.717, 1.165) is 11.1 Å². The molecule has 3 aromatic rings. The Kier molecular flexibility index (Phi) is 5.43. The van der Waals surface area contributed by atoms with E-state index in [2.05, 4.69) is 41.3 Å². The van der Waals surface area contributed by atoms with Crippen LogP contribution in [-0.2, 0) is 0 Å². The first kappa shape index (κ1) is 18.9. The van der Waals surface area contributed by atoms with E-state index in [0.29, 0.717) is 21.8 Å². The third kappa shape index (κ3) is 4.26. The van der Waals surface area contributed by atoms with Gasteiger partial charge < -0.3 is 5.32 Å². The minimum Gasteiger partial charge on any atom is -0.329 e. The van der Waals surface area contributed by atoms with E-state index in [4.69, 9.17) is 11.6 Å². The van der Waals surface area contributed by atoms with E-state index in [1.54, 1.807) is 18.5 Å². The van der Waals surface area contributed by atoms with E-state index in [9.17, 15) is 10.1 Å². The second-order valence-electron chi connectivity index (χ2n) is 6.12. The van der Waals surface area contributed by atoms with Crippen LogP contribution in [0.4, 0.5) is 11.6 Å². The van der Waals surface area contributed by atoms with Crippen LogP contribution in [0, 0.1) is 24.0 Å². The average molecular weight is 397 g/mol. The normalized spacial score (nSPS) is 10.5. The molecule has 2 aromatic carbocycles. The first-order valence-electron chi connectivity index (χ1n) is 8.15. The smallest absolute Gasteiger partial charge is 0.278 e. The fourth-order valence-corrected chi connectivity index (χ4v) is 3.19. The molecule has 0 aliphatic rings. The van der Waals surface area contributed by atoms with Crippen molar-refractivity contribution in [3.63, 3.8) is 0 Å². The minimum atomic E-state index is -0.439. The van der Waals surface area contributed by atoms with Gasteiger partial charge >= 0.3 is 0 Å². The highest BCUT2D eigenvalue weighted by molar-refractivity contribution is 6.47. The van der Waals surface area contributed by atoms with Gasteiger partial charge in [0.05, 0.1) is 10.5 Å². The Balaban J connectivity index is 1.83. The summed E-state index contributed by atoms with van der Waals surface area (Å²) in [5.74, 6) is 0.363. The van der Waals surface area contributed by atoms with Crippen LogP contribution in [0.3, 0.4) is 0 Å². The SMILES string of the molecule is Cc1ccc(-c2cnc(NC(=[SiH2])c3cc(Cl)ccc3[N+](=O)[O-])nc2)cc1C. The van der Waals surface area contributed by atoms with E-state index in [-0.39, 0.29) is 5.69 Å². The van der Waals surface area contributed by atoms with Gasteiger partial charge in [-0.3, -0.25) is 10.1 Å². The molecule has 0 radical (unpaired) electrons. The molecule has 0 unspecified atom stereocenters. The Bertz CT molecular complexity index is 1040. The second-order valence-corrected chi connectivity index (χ2v) is 7.26. The van der Waals surface area contributed by atoms with Crippen LogP contribution < -0.4 is 5.32 Å². The van der Waals surface area contributed by atoms with Gasteiger partial charge in [0.1, 0.15) is 0 Å². The summed E-state index contributed by atoms with van der Waals surface area (Å²) >= 11 is 5.99. The summed E-state index contributed by atoms with van der Waals surface area (Å²) in [6, 6.07) is 10.6. The summed E-state index contributed by atoms with van der Waals surface area (Å²) < 4.78 is 0. The van der Waals surface area contributed by atoms with Crippen LogP contribution in [0.25, 0.3) is 11.1 Å². The molecule has 0 saturated carbocycles. The number of nitro benzene ring substituents is 1. The highest BCUT2D eigenvalue weighted by Gasteiger charge is 2.17. The molecule has 3 rings (SSSR count). The zero-order chi connectivity index (χ0) is 19.6. The molecule has 0 amide bonds. The lowest BCUT2D eigenvalue weighted by Crippen LogP contribution is -2.17. The number of halogens is 1. The molecular weight excluding hydrogens is 380 g/mol. The molecule has 1 aromatic heterocycles. The quantitative estimate of drug-likeness (QED) is 0.405. The highest BCUT2D eigenvalue weighted by Crippen LogP contribution is 2.24. The Morgan fingerprint density at radius 2 is 1.78 bits per heavy atom. The molecule has 0 aliphatic carbocycles. The van der Waals surface area contributed by atoms with E-state index in [1.165, 1.54) is 33.1 Å².